The summed E-state index contributed by atoms with van der Waals surface area (Å²) in [5.41, 5.74) is 1.21. The van der Waals surface area contributed by atoms with Gasteiger partial charge >= 0.3 is 0 Å². The second-order valence-corrected chi connectivity index (χ2v) is 5.14. The number of hydrogen-bond donors (Lipinski definition) is 0. The van der Waals surface area contributed by atoms with E-state index in [4.69, 9.17) is 23.2 Å². The number of nitrogens with zero attached hydrogens (tertiary/aromatic N) is 5. The van der Waals surface area contributed by atoms with Crippen molar-refractivity contribution >= 4 is 34.4 Å². The summed E-state index contributed by atoms with van der Waals surface area (Å²) >= 11 is 11.9. The van der Waals surface area contributed by atoms with Gasteiger partial charge < -0.3 is 0 Å². The summed E-state index contributed by atoms with van der Waals surface area (Å²) in [6, 6.07) is 5.14. The van der Waals surface area contributed by atoms with Crippen molar-refractivity contribution < 1.29 is 0 Å². The lowest BCUT2D eigenvalue weighted by Crippen LogP contribution is -2.21. The van der Waals surface area contributed by atoms with Crippen LogP contribution >= 0.6 is 23.2 Å². The van der Waals surface area contributed by atoms with Gasteiger partial charge in [-0.2, -0.15) is 0 Å². The first-order valence-corrected chi connectivity index (χ1v) is 6.50. The minimum Gasteiger partial charge on any atom is -0.293 e. The predicted molar refractivity (Wildman–Crippen MR) is 76.1 cm³/mol. The lowest BCUT2D eigenvalue weighted by atomic mass is 10.2. The molecule has 0 N–H and O–H groups in total. The Morgan fingerprint density at radius 1 is 1.30 bits per heavy atom. The molecule has 0 aliphatic heterocycles. The van der Waals surface area contributed by atoms with Crippen molar-refractivity contribution in [3.63, 3.8) is 0 Å². The Labute approximate surface area is 123 Å². The van der Waals surface area contributed by atoms with Crippen LogP contribution in [0.15, 0.2) is 29.3 Å². The molecular weight excluding hydrogens is 301 g/mol. The summed E-state index contributed by atoms with van der Waals surface area (Å²) in [5.74, 6) is 0. The van der Waals surface area contributed by atoms with E-state index in [2.05, 4.69) is 15.3 Å². The van der Waals surface area contributed by atoms with Crippen LogP contribution in [0, 0.1) is 0 Å². The molecule has 102 valence electrons. The summed E-state index contributed by atoms with van der Waals surface area (Å²) < 4.78 is 2.89. The Kier molecular flexibility index (Phi) is 3.19. The van der Waals surface area contributed by atoms with E-state index < -0.39 is 0 Å². The molecule has 2 heterocycles. The fraction of sp³-hybridized carbons (Fsp3) is 0.167. The lowest BCUT2D eigenvalue weighted by Gasteiger charge is -2.07. The molecule has 3 rings (SSSR count). The van der Waals surface area contributed by atoms with Crippen molar-refractivity contribution in [1.82, 2.24) is 24.5 Å². The summed E-state index contributed by atoms with van der Waals surface area (Å²) in [6.07, 6.45) is 1.46. The van der Waals surface area contributed by atoms with Crippen LogP contribution in [0.25, 0.3) is 11.2 Å². The molecule has 0 unspecified atom stereocenters. The number of benzene rings is 1. The fourth-order valence-electron chi connectivity index (χ4n) is 1.89. The van der Waals surface area contributed by atoms with Crippen LogP contribution in [-0.4, -0.2) is 24.5 Å². The number of halogens is 2. The van der Waals surface area contributed by atoms with Gasteiger partial charge in [-0.05, 0) is 17.7 Å². The maximum Gasteiger partial charge on any atom is 0.283 e. The molecule has 2 aromatic heterocycles. The van der Waals surface area contributed by atoms with Crippen LogP contribution in [0.2, 0.25) is 10.0 Å². The number of rotatable bonds is 2. The average Bonchev–Trinajstić information content (AvgIpc) is 2.78. The molecule has 0 spiro atoms. The van der Waals surface area contributed by atoms with Gasteiger partial charge in [0.1, 0.15) is 6.33 Å². The van der Waals surface area contributed by atoms with Crippen LogP contribution in [0.3, 0.4) is 0 Å². The smallest absolute Gasteiger partial charge is 0.283 e. The average molecular weight is 310 g/mol. The zero-order valence-electron chi connectivity index (χ0n) is 10.4. The quantitative estimate of drug-likeness (QED) is 0.725. The Morgan fingerprint density at radius 3 is 2.85 bits per heavy atom. The van der Waals surface area contributed by atoms with Gasteiger partial charge in [-0.25, -0.2) is 9.67 Å². The van der Waals surface area contributed by atoms with Gasteiger partial charge in [0, 0.05) is 17.1 Å². The molecule has 0 saturated heterocycles. The highest BCUT2D eigenvalue weighted by Crippen LogP contribution is 2.21. The maximum absolute atomic E-state index is 12.3. The first-order chi connectivity index (χ1) is 9.56. The molecule has 1 aromatic carbocycles. The molecule has 0 radical (unpaired) electrons. The van der Waals surface area contributed by atoms with Gasteiger partial charge in [0.2, 0.25) is 0 Å². The van der Waals surface area contributed by atoms with E-state index in [0.717, 1.165) is 5.56 Å². The zero-order chi connectivity index (χ0) is 14.3. The molecule has 3 aromatic rings. The van der Waals surface area contributed by atoms with E-state index in [0.29, 0.717) is 22.2 Å². The Morgan fingerprint density at radius 2 is 2.10 bits per heavy atom. The van der Waals surface area contributed by atoms with Gasteiger partial charge in [0.05, 0.1) is 6.54 Å². The van der Waals surface area contributed by atoms with Crippen LogP contribution < -0.4 is 5.56 Å². The summed E-state index contributed by atoms with van der Waals surface area (Å²) in [4.78, 5) is 16.4. The summed E-state index contributed by atoms with van der Waals surface area (Å²) in [6.45, 7) is 0.300. The second-order valence-electron chi connectivity index (χ2n) is 4.30. The third kappa shape index (κ3) is 2.17. The molecule has 0 fully saturated rings. The van der Waals surface area contributed by atoms with Crippen molar-refractivity contribution in [2.75, 3.05) is 0 Å². The molecule has 6 nitrogen and oxygen atoms in total. The van der Waals surface area contributed by atoms with Crippen molar-refractivity contribution in [1.29, 1.82) is 0 Å². The predicted octanol–water partition coefficient (Wildman–Crippen LogP) is 1.88. The third-order valence-electron chi connectivity index (χ3n) is 2.94. The van der Waals surface area contributed by atoms with Crippen LogP contribution in [0.4, 0.5) is 0 Å². The van der Waals surface area contributed by atoms with Crippen LogP contribution in [0.1, 0.15) is 5.56 Å². The minimum atomic E-state index is -0.255. The monoisotopic (exact) mass is 309 g/mol. The fourth-order valence-corrected chi connectivity index (χ4v) is 2.36. The molecular formula is C12H9Cl2N5O. The normalized spacial score (nSPS) is 11.2. The first-order valence-electron chi connectivity index (χ1n) is 5.75. The van der Waals surface area contributed by atoms with E-state index in [-0.39, 0.29) is 11.1 Å². The van der Waals surface area contributed by atoms with Crippen LogP contribution in [0.5, 0.6) is 0 Å². The van der Waals surface area contributed by atoms with Crippen molar-refractivity contribution in [2.45, 2.75) is 6.54 Å². The van der Waals surface area contributed by atoms with E-state index in [9.17, 15) is 4.79 Å². The molecule has 0 saturated carbocycles. The van der Waals surface area contributed by atoms with E-state index in [1.165, 1.54) is 15.6 Å². The number of aromatic nitrogens is 5. The molecule has 0 aliphatic carbocycles. The third-order valence-corrected chi connectivity index (χ3v) is 3.52. The molecule has 0 aliphatic rings. The van der Waals surface area contributed by atoms with Gasteiger partial charge in [-0.3, -0.25) is 9.36 Å². The summed E-state index contributed by atoms with van der Waals surface area (Å²) in [7, 11) is 1.68. The largest absolute Gasteiger partial charge is 0.293 e. The molecule has 0 amide bonds. The molecule has 0 bridgehead atoms. The van der Waals surface area contributed by atoms with Gasteiger partial charge in [0.15, 0.2) is 11.2 Å². The lowest BCUT2D eigenvalue weighted by molar-refractivity contribution is 0.724. The number of aryl methyl sites for hydroxylation is 1. The Hall–Kier alpha value is -1.92. The first kappa shape index (κ1) is 13.1. The van der Waals surface area contributed by atoms with Crippen molar-refractivity contribution in [3.05, 3.63) is 50.5 Å². The van der Waals surface area contributed by atoms with Crippen molar-refractivity contribution in [2.24, 2.45) is 7.05 Å². The van der Waals surface area contributed by atoms with Gasteiger partial charge in [0.25, 0.3) is 5.56 Å². The zero-order valence-corrected chi connectivity index (χ0v) is 11.9. The topological polar surface area (TPSA) is 65.6 Å². The molecule has 8 heteroatoms. The van der Waals surface area contributed by atoms with E-state index in [1.54, 1.807) is 25.2 Å². The Bertz CT molecular complexity index is 855. The second kappa shape index (κ2) is 4.88. The highest BCUT2D eigenvalue weighted by molar-refractivity contribution is 6.35. The standard InChI is InChI=1S/C12H9Cl2N5O/c1-18-11-10(16-17-18)12(20)19(6-15-11)5-7-2-3-8(13)4-9(7)14/h2-4,6H,5H2,1H3. The highest BCUT2D eigenvalue weighted by atomic mass is 35.5. The Balaban J connectivity index is 2.07. The van der Waals surface area contributed by atoms with E-state index >= 15 is 0 Å². The maximum atomic E-state index is 12.3. The SMILES string of the molecule is Cn1nnc2c(=O)n(Cc3ccc(Cl)cc3Cl)cnc21. The van der Waals surface area contributed by atoms with Gasteiger partial charge in [-0.15, -0.1) is 5.10 Å². The molecule has 0 atom stereocenters. The van der Waals surface area contributed by atoms with Gasteiger partial charge in [-0.1, -0.05) is 34.5 Å². The van der Waals surface area contributed by atoms with Crippen molar-refractivity contribution in [3.8, 4) is 0 Å². The number of fused-ring (bicyclic) bond motifs is 1. The van der Waals surface area contributed by atoms with E-state index in [1.807, 2.05) is 0 Å². The number of hydrogen-bond acceptors (Lipinski definition) is 4. The van der Waals surface area contributed by atoms with Crippen LogP contribution in [-0.2, 0) is 13.6 Å². The molecule has 20 heavy (non-hydrogen) atoms. The minimum absolute atomic E-state index is 0.236. The summed E-state index contributed by atoms with van der Waals surface area (Å²) in [5, 5.41) is 8.65. The highest BCUT2D eigenvalue weighted by Gasteiger charge is 2.11.